The van der Waals surface area contributed by atoms with Crippen LogP contribution in [0.15, 0.2) is 42.9 Å². The number of hydrogen-bond donors (Lipinski definition) is 1. The van der Waals surface area contributed by atoms with Crippen molar-refractivity contribution in [3.05, 3.63) is 58.5 Å². The van der Waals surface area contributed by atoms with Gasteiger partial charge in [0.1, 0.15) is 5.75 Å². The van der Waals surface area contributed by atoms with E-state index in [-0.39, 0.29) is 21.8 Å². The third-order valence-corrected chi connectivity index (χ3v) is 3.68. The molecule has 1 aliphatic heterocycles. The fourth-order valence-electron chi connectivity index (χ4n) is 2.14. The lowest BCUT2D eigenvalue weighted by atomic mass is 9.92. The van der Waals surface area contributed by atoms with Gasteiger partial charge in [0, 0.05) is 6.20 Å². The summed E-state index contributed by atoms with van der Waals surface area (Å²) in [7, 11) is 0. The number of aromatic nitrogens is 2. The van der Waals surface area contributed by atoms with Crippen LogP contribution in [-0.4, -0.2) is 16.1 Å². The van der Waals surface area contributed by atoms with Gasteiger partial charge in [0.2, 0.25) is 5.60 Å². The van der Waals surface area contributed by atoms with E-state index in [0.29, 0.717) is 0 Å². The van der Waals surface area contributed by atoms with Crippen LogP contribution in [-0.2, 0) is 10.4 Å². The lowest BCUT2D eigenvalue weighted by molar-refractivity contribution is -0.270. The predicted molar refractivity (Wildman–Crippen MR) is 79.7 cm³/mol. The Kier molecular flexibility index (Phi) is 4.29. The van der Waals surface area contributed by atoms with Gasteiger partial charge in [0.05, 0.1) is 28.0 Å². The maximum absolute atomic E-state index is 13.7. The first-order valence-corrected chi connectivity index (χ1v) is 7.21. The molecule has 24 heavy (non-hydrogen) atoms. The van der Waals surface area contributed by atoms with Crippen LogP contribution >= 0.6 is 23.2 Å². The fourth-order valence-corrected chi connectivity index (χ4v) is 2.55. The fraction of sp³-hybridized carbons (Fsp3) is 0.143. The number of nitrogens with zero attached hydrogens (tertiary/aromatic N) is 2. The smallest absolute Gasteiger partial charge is 0.424 e. The summed E-state index contributed by atoms with van der Waals surface area (Å²) in [5, 5.41) is 0.0684. The molecule has 0 fully saturated rings. The minimum Gasteiger partial charge on any atom is -0.424 e. The van der Waals surface area contributed by atoms with Gasteiger partial charge in [-0.1, -0.05) is 29.3 Å². The molecule has 1 aromatic heterocycles. The number of halogens is 5. The molecule has 0 radical (unpaired) electrons. The van der Waals surface area contributed by atoms with Crippen LogP contribution in [0, 0.1) is 0 Å². The molecule has 1 aromatic carbocycles. The van der Waals surface area contributed by atoms with Crippen LogP contribution < -0.4 is 10.2 Å². The van der Waals surface area contributed by atoms with Crippen molar-refractivity contribution in [2.24, 2.45) is 0 Å². The lowest BCUT2D eigenvalue weighted by Gasteiger charge is -2.30. The summed E-state index contributed by atoms with van der Waals surface area (Å²) in [6, 6.07) is 3.86. The molecule has 2 heterocycles. The molecule has 1 aliphatic rings. The van der Waals surface area contributed by atoms with Crippen LogP contribution in [0.25, 0.3) is 0 Å². The molecule has 0 aliphatic carbocycles. The van der Waals surface area contributed by atoms with Gasteiger partial charge in [0.15, 0.2) is 0 Å². The topological polar surface area (TPSA) is 56.3 Å². The van der Waals surface area contributed by atoms with E-state index in [1.807, 2.05) is 0 Å². The average molecular weight is 378 g/mol. The van der Waals surface area contributed by atoms with Gasteiger partial charge in [-0.25, -0.2) is 9.97 Å². The molecule has 126 valence electrons. The van der Waals surface area contributed by atoms with Crippen LogP contribution in [0.4, 0.5) is 13.2 Å². The van der Waals surface area contributed by atoms with Crippen molar-refractivity contribution in [1.82, 2.24) is 15.4 Å². The number of alkyl halides is 3. The van der Waals surface area contributed by atoms with Crippen molar-refractivity contribution in [2.45, 2.75) is 11.8 Å². The van der Waals surface area contributed by atoms with Crippen LogP contribution in [0.3, 0.4) is 0 Å². The Labute approximate surface area is 144 Å². The highest BCUT2D eigenvalue weighted by Crippen LogP contribution is 2.50. The third kappa shape index (κ3) is 2.88. The summed E-state index contributed by atoms with van der Waals surface area (Å²) in [5.74, 6) is -0.199. The molecule has 5 nitrogen and oxygen atoms in total. The van der Waals surface area contributed by atoms with Crippen molar-refractivity contribution >= 4 is 23.2 Å². The van der Waals surface area contributed by atoms with Crippen LogP contribution in [0.5, 0.6) is 11.8 Å². The SMILES string of the molecule is FC(F)(F)C1(c2c(Cl)cccc2Oc2ncc(Cl)cn2)C=CNO1. The zero-order valence-electron chi connectivity index (χ0n) is 11.6. The summed E-state index contributed by atoms with van der Waals surface area (Å²) in [5.41, 5.74) is -1.14. The quantitative estimate of drug-likeness (QED) is 0.859. The van der Waals surface area contributed by atoms with Crippen molar-refractivity contribution in [3.63, 3.8) is 0 Å². The molecule has 10 heteroatoms. The molecule has 2 aromatic rings. The molecule has 0 amide bonds. The van der Waals surface area contributed by atoms with Gasteiger partial charge >= 0.3 is 12.2 Å². The Morgan fingerprint density at radius 3 is 2.46 bits per heavy atom. The molecule has 1 atom stereocenters. The molecule has 0 saturated carbocycles. The van der Waals surface area contributed by atoms with Gasteiger partial charge in [-0.15, -0.1) is 0 Å². The van der Waals surface area contributed by atoms with E-state index in [1.54, 1.807) is 0 Å². The number of hydroxylamine groups is 1. The summed E-state index contributed by atoms with van der Waals surface area (Å²) >= 11 is 11.7. The van der Waals surface area contributed by atoms with E-state index in [2.05, 4.69) is 15.4 Å². The van der Waals surface area contributed by atoms with E-state index in [0.717, 1.165) is 12.3 Å². The van der Waals surface area contributed by atoms with Gasteiger partial charge < -0.3 is 4.74 Å². The Morgan fingerprint density at radius 2 is 1.88 bits per heavy atom. The van der Waals surface area contributed by atoms with Gasteiger partial charge in [0.25, 0.3) is 0 Å². The second-order valence-electron chi connectivity index (χ2n) is 4.69. The Hall–Kier alpha value is -2.03. The van der Waals surface area contributed by atoms with E-state index in [1.165, 1.54) is 30.6 Å². The minimum atomic E-state index is -4.79. The minimum absolute atomic E-state index is 0.185. The second-order valence-corrected chi connectivity index (χ2v) is 5.53. The highest BCUT2D eigenvalue weighted by atomic mass is 35.5. The molecule has 1 unspecified atom stereocenters. The summed E-state index contributed by atoms with van der Waals surface area (Å²) in [6.45, 7) is 0. The maximum Gasteiger partial charge on any atom is 0.428 e. The van der Waals surface area contributed by atoms with Crippen LogP contribution in [0.1, 0.15) is 5.56 Å². The van der Waals surface area contributed by atoms with E-state index in [4.69, 9.17) is 32.8 Å². The van der Waals surface area contributed by atoms with Crippen LogP contribution in [0.2, 0.25) is 10.0 Å². The second kappa shape index (κ2) is 6.12. The normalized spacial score (nSPS) is 20.0. The average Bonchev–Trinajstić information content (AvgIpc) is 3.00. The number of hydrogen-bond acceptors (Lipinski definition) is 5. The standard InChI is InChI=1S/C14H8Cl2F3N3O2/c15-8-6-20-12(21-7-8)23-10-3-1-2-9(16)11(10)13(14(17,18)19)4-5-22-24-13/h1-7,22H. The predicted octanol–water partition coefficient (Wildman–Crippen LogP) is 4.38. The summed E-state index contributed by atoms with van der Waals surface area (Å²) < 4.78 is 46.4. The van der Waals surface area contributed by atoms with Crippen molar-refractivity contribution in [1.29, 1.82) is 0 Å². The van der Waals surface area contributed by atoms with Gasteiger partial charge in [-0.2, -0.15) is 13.2 Å². The van der Waals surface area contributed by atoms with Crippen molar-refractivity contribution in [3.8, 4) is 11.8 Å². The molecular weight excluding hydrogens is 370 g/mol. The van der Waals surface area contributed by atoms with E-state index >= 15 is 0 Å². The monoisotopic (exact) mass is 377 g/mol. The Bertz CT molecular complexity index is 784. The van der Waals surface area contributed by atoms with Gasteiger partial charge in [-0.05, 0) is 18.2 Å². The summed E-state index contributed by atoms with van der Waals surface area (Å²) in [6.07, 6.45) is -0.456. The number of nitrogens with one attached hydrogen (secondary N) is 1. The first-order valence-electron chi connectivity index (χ1n) is 6.46. The van der Waals surface area contributed by atoms with Crippen molar-refractivity contribution in [2.75, 3.05) is 0 Å². The number of rotatable bonds is 3. The van der Waals surface area contributed by atoms with E-state index in [9.17, 15) is 13.2 Å². The zero-order chi connectivity index (χ0) is 17.4. The number of benzene rings is 1. The summed E-state index contributed by atoms with van der Waals surface area (Å²) in [4.78, 5) is 12.3. The first-order chi connectivity index (χ1) is 11.3. The molecule has 0 saturated heterocycles. The van der Waals surface area contributed by atoms with E-state index < -0.39 is 17.3 Å². The highest BCUT2D eigenvalue weighted by molar-refractivity contribution is 6.31. The molecular formula is C14H8Cl2F3N3O2. The zero-order valence-corrected chi connectivity index (χ0v) is 13.2. The molecule has 1 N–H and O–H groups in total. The lowest BCUT2D eigenvalue weighted by Crippen LogP contribution is -2.43. The number of ether oxygens (including phenoxy) is 1. The first kappa shape index (κ1) is 16.8. The Morgan fingerprint density at radius 1 is 1.17 bits per heavy atom. The molecule has 0 bridgehead atoms. The van der Waals surface area contributed by atoms with Crippen molar-refractivity contribution < 1.29 is 22.7 Å². The molecule has 0 spiro atoms. The highest BCUT2D eigenvalue weighted by Gasteiger charge is 2.60. The maximum atomic E-state index is 13.7. The molecule has 3 rings (SSSR count). The third-order valence-electron chi connectivity index (χ3n) is 3.17. The Balaban J connectivity index is 2.11. The van der Waals surface area contributed by atoms with Gasteiger partial charge in [-0.3, -0.25) is 10.3 Å². The largest absolute Gasteiger partial charge is 0.428 e.